The molecule has 0 radical (unpaired) electrons. The van der Waals surface area contributed by atoms with Crippen LogP contribution >= 0.6 is 34.7 Å². The van der Waals surface area contributed by atoms with E-state index in [0.717, 1.165) is 20.1 Å². The molecule has 0 unspecified atom stereocenters. The molecule has 2 N–H and O–H groups in total. The van der Waals surface area contributed by atoms with Crippen molar-refractivity contribution < 1.29 is 15.0 Å². The van der Waals surface area contributed by atoms with Gasteiger partial charge in [0.15, 0.2) is 9.77 Å². The zero-order valence-electron chi connectivity index (χ0n) is 15.6. The molecule has 0 atom stereocenters. The average Bonchev–Trinajstić information content (AvgIpc) is 3.08. The van der Waals surface area contributed by atoms with Crippen LogP contribution in [0.5, 0.6) is 5.75 Å². The molecule has 4 rings (SSSR count). The molecule has 0 spiro atoms. The number of thioether (sulfide) groups is 1. The minimum absolute atomic E-state index is 0.111. The molecule has 30 heavy (non-hydrogen) atoms. The maximum Gasteiger partial charge on any atom is 0.341 e. The molecule has 0 amide bonds. The second-order valence-corrected chi connectivity index (χ2v) is 9.26. The van der Waals surface area contributed by atoms with Crippen LogP contribution in [0.4, 0.5) is 0 Å². The number of phenolic OH excluding ortho intramolecular Hbond substituents is 1. The summed E-state index contributed by atoms with van der Waals surface area (Å²) in [5, 5.41) is 19.7. The van der Waals surface area contributed by atoms with Crippen LogP contribution in [0.3, 0.4) is 0 Å². The van der Waals surface area contributed by atoms with E-state index in [4.69, 9.17) is 11.6 Å². The van der Waals surface area contributed by atoms with Crippen molar-refractivity contribution in [3.8, 4) is 11.4 Å². The first-order valence-electron chi connectivity index (χ1n) is 8.79. The van der Waals surface area contributed by atoms with Crippen LogP contribution in [0, 0.1) is 6.92 Å². The highest BCUT2D eigenvalue weighted by molar-refractivity contribution is 8.00. The molecule has 4 aromatic rings. The minimum Gasteiger partial charge on any atom is -0.508 e. The van der Waals surface area contributed by atoms with Crippen molar-refractivity contribution in [2.24, 2.45) is 0 Å². The Hall–Kier alpha value is -2.81. The van der Waals surface area contributed by atoms with Gasteiger partial charge in [0.25, 0.3) is 0 Å². The van der Waals surface area contributed by atoms with E-state index in [0.29, 0.717) is 22.2 Å². The highest BCUT2D eigenvalue weighted by Crippen LogP contribution is 2.33. The standard InChI is InChI=1S/C21H15ClN2O4S2/c1-11-6-14(25)3-4-17(11)24-9-15(20(27)28)18(26)8-13(24)10-29-21-23-16-7-12(22)2-5-19(16)30-21/h2-9,25H,10H2,1H3,(H,27,28). The van der Waals surface area contributed by atoms with E-state index < -0.39 is 11.4 Å². The fraction of sp³-hybridized carbons (Fsp3) is 0.0952. The molecule has 0 bridgehead atoms. The first kappa shape index (κ1) is 20.5. The molecule has 0 aliphatic heterocycles. The Bertz CT molecular complexity index is 1350. The molecular weight excluding hydrogens is 444 g/mol. The summed E-state index contributed by atoms with van der Waals surface area (Å²) >= 11 is 9.00. The molecular formula is C21H15ClN2O4S2. The number of pyridine rings is 1. The zero-order valence-corrected chi connectivity index (χ0v) is 18.0. The Labute approximate surface area is 184 Å². The summed E-state index contributed by atoms with van der Waals surface area (Å²) in [5.74, 6) is -0.768. The lowest BCUT2D eigenvalue weighted by atomic mass is 10.1. The fourth-order valence-corrected chi connectivity index (χ4v) is 5.24. The smallest absolute Gasteiger partial charge is 0.341 e. The average molecular weight is 459 g/mol. The third kappa shape index (κ3) is 4.07. The second-order valence-electron chi connectivity index (χ2n) is 6.57. The summed E-state index contributed by atoms with van der Waals surface area (Å²) in [7, 11) is 0. The number of phenols is 1. The second kappa shape index (κ2) is 8.14. The lowest BCUT2D eigenvalue weighted by Crippen LogP contribution is -2.19. The van der Waals surface area contributed by atoms with E-state index in [9.17, 15) is 19.8 Å². The summed E-state index contributed by atoms with van der Waals surface area (Å²) in [6, 6.07) is 11.7. The van der Waals surface area contributed by atoms with Gasteiger partial charge in [0.05, 0.1) is 10.2 Å². The largest absolute Gasteiger partial charge is 0.508 e. The third-order valence-corrected chi connectivity index (χ3v) is 6.92. The zero-order chi connectivity index (χ0) is 21.4. The molecule has 152 valence electrons. The number of benzene rings is 2. The fourth-order valence-electron chi connectivity index (χ4n) is 3.06. The van der Waals surface area contributed by atoms with Crippen LogP contribution in [-0.4, -0.2) is 25.7 Å². The SMILES string of the molecule is Cc1cc(O)ccc1-n1cc(C(=O)O)c(=O)cc1CSc1nc2cc(Cl)ccc2s1. The van der Waals surface area contributed by atoms with Gasteiger partial charge in [-0.25, -0.2) is 9.78 Å². The van der Waals surface area contributed by atoms with Gasteiger partial charge >= 0.3 is 5.97 Å². The number of fused-ring (bicyclic) bond motifs is 1. The van der Waals surface area contributed by atoms with Crippen molar-refractivity contribution in [2.75, 3.05) is 0 Å². The van der Waals surface area contributed by atoms with E-state index >= 15 is 0 Å². The lowest BCUT2D eigenvalue weighted by molar-refractivity contribution is 0.0694. The van der Waals surface area contributed by atoms with E-state index in [1.807, 2.05) is 19.1 Å². The molecule has 2 aromatic heterocycles. The lowest BCUT2D eigenvalue weighted by Gasteiger charge is -2.16. The Morgan fingerprint density at radius 3 is 2.77 bits per heavy atom. The van der Waals surface area contributed by atoms with Gasteiger partial charge in [0, 0.05) is 34.4 Å². The van der Waals surface area contributed by atoms with Gasteiger partial charge in [-0.15, -0.1) is 11.3 Å². The highest BCUT2D eigenvalue weighted by Gasteiger charge is 2.16. The van der Waals surface area contributed by atoms with Gasteiger partial charge < -0.3 is 14.8 Å². The van der Waals surface area contributed by atoms with E-state index in [1.165, 1.54) is 41.4 Å². The predicted octanol–water partition coefficient (Wildman–Crippen LogP) is 5.11. The van der Waals surface area contributed by atoms with Crippen LogP contribution in [0.2, 0.25) is 5.02 Å². The molecule has 9 heteroatoms. The molecule has 0 saturated carbocycles. The van der Waals surface area contributed by atoms with Crippen LogP contribution < -0.4 is 5.43 Å². The summed E-state index contributed by atoms with van der Waals surface area (Å²) < 4.78 is 3.50. The van der Waals surface area contributed by atoms with Crippen molar-refractivity contribution in [3.63, 3.8) is 0 Å². The predicted molar refractivity (Wildman–Crippen MR) is 120 cm³/mol. The van der Waals surface area contributed by atoms with Gasteiger partial charge in [-0.2, -0.15) is 0 Å². The number of carboxylic acid groups (broad SMARTS) is 1. The van der Waals surface area contributed by atoms with Gasteiger partial charge in [-0.3, -0.25) is 4.79 Å². The number of aryl methyl sites for hydroxylation is 1. The number of hydrogen-bond donors (Lipinski definition) is 2. The quantitative estimate of drug-likeness (QED) is 0.404. The van der Waals surface area contributed by atoms with E-state index in [-0.39, 0.29) is 11.3 Å². The van der Waals surface area contributed by atoms with Gasteiger partial charge in [0.2, 0.25) is 0 Å². The van der Waals surface area contributed by atoms with Crippen LogP contribution in [0.1, 0.15) is 21.6 Å². The number of thiazole rings is 1. The summed E-state index contributed by atoms with van der Waals surface area (Å²) in [6.07, 6.45) is 1.33. The van der Waals surface area contributed by atoms with Crippen molar-refractivity contribution in [1.29, 1.82) is 0 Å². The molecule has 0 aliphatic carbocycles. The molecule has 6 nitrogen and oxygen atoms in total. The van der Waals surface area contributed by atoms with E-state index in [2.05, 4.69) is 4.98 Å². The van der Waals surface area contributed by atoms with Crippen LogP contribution in [0.25, 0.3) is 15.9 Å². The number of aromatic nitrogens is 2. The Morgan fingerprint density at radius 2 is 2.03 bits per heavy atom. The number of carbonyl (C=O) groups is 1. The number of nitrogens with zero attached hydrogens (tertiary/aromatic N) is 2. The number of aromatic carboxylic acids is 1. The Morgan fingerprint density at radius 1 is 1.23 bits per heavy atom. The highest BCUT2D eigenvalue weighted by atomic mass is 35.5. The van der Waals surface area contributed by atoms with Crippen molar-refractivity contribution in [1.82, 2.24) is 9.55 Å². The number of carboxylic acids is 1. The molecule has 2 heterocycles. The number of hydrogen-bond acceptors (Lipinski definition) is 6. The number of aromatic hydroxyl groups is 1. The molecule has 0 aliphatic rings. The molecule has 0 fully saturated rings. The monoisotopic (exact) mass is 458 g/mol. The van der Waals surface area contributed by atoms with Crippen LogP contribution in [0.15, 0.2) is 57.8 Å². The normalized spacial score (nSPS) is 11.1. The summed E-state index contributed by atoms with van der Waals surface area (Å²) in [5.41, 5.74) is 2.00. The maximum absolute atomic E-state index is 12.3. The van der Waals surface area contributed by atoms with Crippen LogP contribution in [-0.2, 0) is 5.75 Å². The maximum atomic E-state index is 12.3. The topological polar surface area (TPSA) is 92.4 Å². The third-order valence-electron chi connectivity index (χ3n) is 4.47. The van der Waals surface area contributed by atoms with Gasteiger partial charge in [-0.05, 0) is 48.9 Å². The van der Waals surface area contributed by atoms with Crippen molar-refractivity contribution in [3.05, 3.63) is 80.7 Å². The van der Waals surface area contributed by atoms with Gasteiger partial charge in [0.1, 0.15) is 11.3 Å². The molecule has 2 aromatic carbocycles. The summed E-state index contributed by atoms with van der Waals surface area (Å²) in [6.45, 7) is 1.81. The molecule has 0 saturated heterocycles. The number of halogens is 1. The Kier molecular flexibility index (Phi) is 5.55. The Balaban J connectivity index is 1.74. The first-order valence-corrected chi connectivity index (χ1v) is 11.0. The minimum atomic E-state index is -1.28. The first-order chi connectivity index (χ1) is 14.3. The number of rotatable bonds is 5. The van der Waals surface area contributed by atoms with Gasteiger partial charge in [-0.1, -0.05) is 23.4 Å². The summed E-state index contributed by atoms with van der Waals surface area (Å²) in [4.78, 5) is 28.4. The van der Waals surface area contributed by atoms with Crippen molar-refractivity contribution in [2.45, 2.75) is 17.0 Å². The van der Waals surface area contributed by atoms with Crippen molar-refractivity contribution >= 4 is 50.9 Å². The van der Waals surface area contributed by atoms with E-state index in [1.54, 1.807) is 22.8 Å².